The lowest BCUT2D eigenvalue weighted by molar-refractivity contribution is 0.389. The lowest BCUT2D eigenvalue weighted by Gasteiger charge is -2.23. The molecule has 1 aliphatic rings. The summed E-state index contributed by atoms with van der Waals surface area (Å²) in [5, 5.41) is 10.0. The van der Waals surface area contributed by atoms with E-state index < -0.39 is 5.54 Å². The number of H-pyrrole nitrogens is 1. The van der Waals surface area contributed by atoms with Crippen LogP contribution in [0.15, 0.2) is 17.6 Å². The van der Waals surface area contributed by atoms with E-state index in [-0.39, 0.29) is 0 Å². The highest BCUT2D eigenvalue weighted by molar-refractivity contribution is 7.99. The molecule has 16 heavy (non-hydrogen) atoms. The molecule has 0 spiro atoms. The van der Waals surface area contributed by atoms with Gasteiger partial charge in [-0.25, -0.2) is 4.98 Å². The average Bonchev–Trinajstić information content (AvgIpc) is 2.90. The van der Waals surface area contributed by atoms with E-state index in [1.165, 1.54) is 0 Å². The van der Waals surface area contributed by atoms with Gasteiger partial charge >= 0.3 is 0 Å². The predicted molar refractivity (Wildman–Crippen MR) is 63.8 cm³/mol. The number of nitrogens with two attached hydrogens (primary N) is 1. The molecule has 1 saturated carbocycles. The number of hydrogen-bond donors (Lipinski definition) is 2. The largest absolute Gasteiger partial charge is 0.340 e. The van der Waals surface area contributed by atoms with Crippen LogP contribution in [0.3, 0.4) is 0 Å². The molecule has 2 atom stereocenters. The maximum Gasteiger partial charge on any atom is 0.165 e. The molecular formula is C11H16N4S. The number of aromatic amines is 1. The van der Waals surface area contributed by atoms with Gasteiger partial charge < -0.3 is 10.7 Å². The van der Waals surface area contributed by atoms with E-state index in [0.29, 0.717) is 5.92 Å². The SMILES string of the molecule is N#CC1(N)CCCC1CCSc1ncc[nH]1. The maximum atomic E-state index is 9.08. The maximum absolute atomic E-state index is 9.08. The summed E-state index contributed by atoms with van der Waals surface area (Å²) in [5.74, 6) is 1.32. The molecule has 1 aromatic heterocycles. The second-order valence-corrected chi connectivity index (χ2v) is 5.36. The van der Waals surface area contributed by atoms with Gasteiger partial charge in [-0.15, -0.1) is 0 Å². The van der Waals surface area contributed by atoms with Gasteiger partial charge in [0.15, 0.2) is 5.16 Å². The lowest BCUT2D eigenvalue weighted by atomic mass is 9.88. The van der Waals surface area contributed by atoms with Crippen LogP contribution in [-0.2, 0) is 0 Å². The van der Waals surface area contributed by atoms with Crippen molar-refractivity contribution in [2.45, 2.75) is 36.4 Å². The molecule has 2 unspecified atom stereocenters. The summed E-state index contributed by atoms with van der Waals surface area (Å²) in [4.78, 5) is 7.20. The van der Waals surface area contributed by atoms with Crippen LogP contribution in [0.2, 0.25) is 0 Å². The molecule has 1 fully saturated rings. The van der Waals surface area contributed by atoms with Crippen molar-refractivity contribution in [3.05, 3.63) is 12.4 Å². The highest BCUT2D eigenvalue weighted by Crippen LogP contribution is 2.36. The summed E-state index contributed by atoms with van der Waals surface area (Å²) in [5.41, 5.74) is 5.49. The van der Waals surface area contributed by atoms with Gasteiger partial charge in [-0.1, -0.05) is 18.2 Å². The third-order valence-electron chi connectivity index (χ3n) is 3.26. The Morgan fingerprint density at radius 2 is 2.62 bits per heavy atom. The molecule has 1 heterocycles. The van der Waals surface area contributed by atoms with Crippen LogP contribution in [0.25, 0.3) is 0 Å². The fraction of sp³-hybridized carbons (Fsp3) is 0.636. The predicted octanol–water partition coefficient (Wildman–Crippen LogP) is 1.91. The van der Waals surface area contributed by atoms with Gasteiger partial charge in [0.05, 0.1) is 6.07 Å². The van der Waals surface area contributed by atoms with E-state index in [0.717, 1.165) is 36.6 Å². The second-order valence-electron chi connectivity index (χ2n) is 4.27. The monoisotopic (exact) mass is 236 g/mol. The zero-order valence-electron chi connectivity index (χ0n) is 9.15. The molecule has 5 heteroatoms. The van der Waals surface area contributed by atoms with Crippen LogP contribution < -0.4 is 5.73 Å². The fourth-order valence-corrected chi connectivity index (χ4v) is 3.16. The Hall–Kier alpha value is -0.990. The number of nitriles is 1. The third-order valence-corrected chi connectivity index (χ3v) is 4.19. The minimum atomic E-state index is -0.580. The van der Waals surface area contributed by atoms with E-state index in [1.54, 1.807) is 18.0 Å². The molecular weight excluding hydrogens is 220 g/mol. The summed E-state index contributed by atoms with van der Waals surface area (Å²) in [6, 6.07) is 2.28. The van der Waals surface area contributed by atoms with E-state index in [1.807, 2.05) is 6.20 Å². The number of nitrogens with zero attached hydrogens (tertiary/aromatic N) is 2. The Kier molecular flexibility index (Phi) is 3.52. The first-order valence-electron chi connectivity index (χ1n) is 5.57. The lowest BCUT2D eigenvalue weighted by Crippen LogP contribution is -2.41. The van der Waals surface area contributed by atoms with Crippen molar-refractivity contribution in [2.75, 3.05) is 5.75 Å². The molecule has 3 N–H and O–H groups in total. The molecule has 1 aromatic rings. The van der Waals surface area contributed by atoms with Gasteiger partial charge in [0.1, 0.15) is 5.54 Å². The fourth-order valence-electron chi connectivity index (χ4n) is 2.28. The summed E-state index contributed by atoms with van der Waals surface area (Å²) < 4.78 is 0. The molecule has 0 saturated heterocycles. The second kappa shape index (κ2) is 4.89. The number of aromatic nitrogens is 2. The number of nitrogens with one attached hydrogen (secondary N) is 1. The Bertz CT molecular complexity index is 370. The summed E-state index contributed by atoms with van der Waals surface area (Å²) >= 11 is 1.69. The van der Waals surface area contributed by atoms with E-state index in [9.17, 15) is 0 Å². The third kappa shape index (κ3) is 2.39. The number of thioether (sulfide) groups is 1. The first-order chi connectivity index (χ1) is 7.74. The molecule has 1 aliphatic carbocycles. The Morgan fingerprint density at radius 3 is 3.31 bits per heavy atom. The number of hydrogen-bond acceptors (Lipinski definition) is 4. The summed E-state index contributed by atoms with van der Waals surface area (Å²) in [7, 11) is 0. The molecule has 0 amide bonds. The van der Waals surface area contributed by atoms with Gasteiger partial charge in [-0.05, 0) is 25.2 Å². The van der Waals surface area contributed by atoms with Crippen molar-refractivity contribution in [3.8, 4) is 6.07 Å². The van der Waals surface area contributed by atoms with Gasteiger partial charge in [-0.2, -0.15) is 5.26 Å². The van der Waals surface area contributed by atoms with Crippen LogP contribution in [0.5, 0.6) is 0 Å². The number of imidazole rings is 1. The zero-order valence-corrected chi connectivity index (χ0v) is 9.96. The van der Waals surface area contributed by atoms with Crippen LogP contribution in [0.4, 0.5) is 0 Å². The quantitative estimate of drug-likeness (QED) is 0.783. The van der Waals surface area contributed by atoms with Crippen LogP contribution in [-0.4, -0.2) is 21.3 Å². The molecule has 0 aromatic carbocycles. The van der Waals surface area contributed by atoms with Crippen molar-refractivity contribution in [3.63, 3.8) is 0 Å². The van der Waals surface area contributed by atoms with Crippen molar-refractivity contribution in [2.24, 2.45) is 11.7 Å². The minimum Gasteiger partial charge on any atom is -0.340 e. The molecule has 86 valence electrons. The van der Waals surface area contributed by atoms with E-state index in [2.05, 4.69) is 16.0 Å². The van der Waals surface area contributed by atoms with Crippen LogP contribution >= 0.6 is 11.8 Å². The summed E-state index contributed by atoms with van der Waals surface area (Å²) in [6.07, 6.45) is 7.58. The van der Waals surface area contributed by atoms with Gasteiger partial charge in [0.25, 0.3) is 0 Å². The highest BCUT2D eigenvalue weighted by Gasteiger charge is 2.39. The van der Waals surface area contributed by atoms with Crippen LogP contribution in [0.1, 0.15) is 25.7 Å². The van der Waals surface area contributed by atoms with E-state index in [4.69, 9.17) is 11.0 Å². The average molecular weight is 236 g/mol. The Morgan fingerprint density at radius 1 is 1.75 bits per heavy atom. The highest BCUT2D eigenvalue weighted by atomic mass is 32.2. The van der Waals surface area contributed by atoms with Crippen LogP contribution in [0, 0.1) is 17.2 Å². The minimum absolute atomic E-state index is 0.347. The smallest absolute Gasteiger partial charge is 0.165 e. The number of rotatable bonds is 4. The van der Waals surface area contributed by atoms with Crippen molar-refractivity contribution in [1.29, 1.82) is 5.26 Å². The molecule has 0 aliphatic heterocycles. The first-order valence-corrected chi connectivity index (χ1v) is 6.55. The molecule has 0 bridgehead atoms. The molecule has 0 radical (unpaired) electrons. The molecule has 4 nitrogen and oxygen atoms in total. The van der Waals surface area contributed by atoms with Gasteiger partial charge in [0, 0.05) is 18.1 Å². The van der Waals surface area contributed by atoms with Gasteiger partial charge in [-0.3, -0.25) is 0 Å². The van der Waals surface area contributed by atoms with E-state index >= 15 is 0 Å². The zero-order chi connectivity index (χ0) is 11.4. The normalized spacial score (nSPS) is 29.1. The van der Waals surface area contributed by atoms with Gasteiger partial charge in [0.2, 0.25) is 0 Å². The molecule has 2 rings (SSSR count). The first kappa shape index (κ1) is 11.5. The topological polar surface area (TPSA) is 78.5 Å². The Labute approximate surface area is 99.6 Å². The van der Waals surface area contributed by atoms with Crippen molar-refractivity contribution < 1.29 is 0 Å². The standard InChI is InChI=1S/C11H16N4S/c12-8-11(13)4-1-2-9(11)3-7-16-10-14-5-6-15-10/h5-6,9H,1-4,7,13H2,(H,14,15). The summed E-state index contributed by atoms with van der Waals surface area (Å²) in [6.45, 7) is 0. The van der Waals surface area contributed by atoms with Crippen molar-refractivity contribution >= 4 is 11.8 Å². The van der Waals surface area contributed by atoms with Crippen molar-refractivity contribution in [1.82, 2.24) is 9.97 Å². The Balaban J connectivity index is 1.80.